The third kappa shape index (κ3) is 3.02. The van der Waals surface area contributed by atoms with Crippen molar-refractivity contribution in [3.05, 3.63) is 0 Å². The first-order chi connectivity index (χ1) is 8.61. The number of hydrogen-bond donors (Lipinski definition) is 0. The minimum atomic E-state index is -0.0557. The third-order valence-corrected chi connectivity index (χ3v) is 4.25. The van der Waals surface area contributed by atoms with Gasteiger partial charge in [0.05, 0.1) is 7.11 Å². The van der Waals surface area contributed by atoms with Crippen molar-refractivity contribution < 1.29 is 9.53 Å². The zero-order valence-corrected chi connectivity index (χ0v) is 11.8. The lowest BCUT2D eigenvalue weighted by Gasteiger charge is -2.38. The van der Waals surface area contributed by atoms with Gasteiger partial charge in [-0.2, -0.15) is 0 Å². The highest BCUT2D eigenvalue weighted by molar-refractivity contribution is 5.76. The molecule has 2 fully saturated rings. The Morgan fingerprint density at radius 2 is 1.78 bits per heavy atom. The second kappa shape index (κ2) is 5.99. The van der Waals surface area contributed by atoms with Gasteiger partial charge >= 0.3 is 5.97 Å². The summed E-state index contributed by atoms with van der Waals surface area (Å²) in [4.78, 5) is 19.0. The molecule has 2 aliphatic heterocycles. The Morgan fingerprint density at radius 1 is 1.11 bits per heavy atom. The molecule has 0 amide bonds. The molecule has 0 aromatic rings. The fourth-order valence-corrected chi connectivity index (χ4v) is 3.09. The number of methoxy groups -OCH3 is 1. The summed E-state index contributed by atoms with van der Waals surface area (Å²) >= 11 is 0. The molecule has 5 heteroatoms. The van der Waals surface area contributed by atoms with Gasteiger partial charge < -0.3 is 14.5 Å². The van der Waals surface area contributed by atoms with Crippen LogP contribution >= 0.6 is 0 Å². The molecule has 0 radical (unpaired) electrons. The standard InChI is InChI=1S/C13H25N3O2/c1-14-6-8-16(9-7-14)12(13(17)18-3)11-4-5-15(2)10-11/h11-12H,4-10H2,1-3H3. The molecule has 18 heavy (non-hydrogen) atoms. The average Bonchev–Trinajstić information content (AvgIpc) is 2.78. The summed E-state index contributed by atoms with van der Waals surface area (Å²) in [5.74, 6) is 0.366. The van der Waals surface area contributed by atoms with E-state index in [1.54, 1.807) is 0 Å². The SMILES string of the molecule is COC(=O)C(C1CCN(C)C1)N1CCN(C)CC1. The van der Waals surface area contributed by atoms with E-state index >= 15 is 0 Å². The molecule has 2 atom stereocenters. The van der Waals surface area contributed by atoms with E-state index in [9.17, 15) is 4.79 Å². The first kappa shape index (κ1) is 13.8. The van der Waals surface area contributed by atoms with Crippen LogP contribution in [0.25, 0.3) is 0 Å². The van der Waals surface area contributed by atoms with Gasteiger partial charge in [-0.3, -0.25) is 9.69 Å². The molecule has 104 valence electrons. The van der Waals surface area contributed by atoms with Crippen LogP contribution in [0, 0.1) is 5.92 Å². The fourth-order valence-electron chi connectivity index (χ4n) is 3.09. The van der Waals surface area contributed by atoms with Crippen LogP contribution < -0.4 is 0 Å². The Labute approximate surface area is 110 Å². The number of carbonyl (C=O) groups is 1. The predicted molar refractivity (Wildman–Crippen MR) is 70.5 cm³/mol. The Hall–Kier alpha value is -0.650. The number of esters is 1. The molecule has 0 bridgehead atoms. The molecule has 0 aromatic heterocycles. The maximum absolute atomic E-state index is 12.1. The van der Waals surface area contributed by atoms with Crippen LogP contribution in [0.1, 0.15) is 6.42 Å². The minimum Gasteiger partial charge on any atom is -0.468 e. The summed E-state index contributed by atoms with van der Waals surface area (Å²) in [5.41, 5.74) is 0. The normalized spacial score (nSPS) is 29.4. The van der Waals surface area contributed by atoms with Crippen LogP contribution in [-0.2, 0) is 9.53 Å². The van der Waals surface area contributed by atoms with Crippen molar-refractivity contribution in [2.24, 2.45) is 5.92 Å². The molecule has 2 saturated heterocycles. The molecule has 0 saturated carbocycles. The van der Waals surface area contributed by atoms with Gasteiger partial charge in [-0.25, -0.2) is 0 Å². The van der Waals surface area contributed by atoms with Crippen LogP contribution in [0.2, 0.25) is 0 Å². The molecular weight excluding hydrogens is 230 g/mol. The molecule has 2 aliphatic rings. The second-order valence-electron chi connectivity index (χ2n) is 5.62. The number of ether oxygens (including phenoxy) is 1. The molecule has 0 spiro atoms. The zero-order valence-electron chi connectivity index (χ0n) is 11.8. The van der Waals surface area contributed by atoms with Gasteiger partial charge in [-0.15, -0.1) is 0 Å². The smallest absolute Gasteiger partial charge is 0.323 e. The fraction of sp³-hybridized carbons (Fsp3) is 0.923. The van der Waals surface area contributed by atoms with E-state index in [0.29, 0.717) is 5.92 Å². The quantitative estimate of drug-likeness (QED) is 0.649. The highest BCUT2D eigenvalue weighted by Crippen LogP contribution is 2.24. The predicted octanol–water partition coefficient (Wildman–Crippen LogP) is -0.273. The van der Waals surface area contributed by atoms with Crippen molar-refractivity contribution in [2.75, 3.05) is 60.5 Å². The van der Waals surface area contributed by atoms with Crippen LogP contribution in [0.4, 0.5) is 0 Å². The van der Waals surface area contributed by atoms with E-state index in [0.717, 1.165) is 45.7 Å². The van der Waals surface area contributed by atoms with E-state index in [-0.39, 0.29) is 12.0 Å². The van der Waals surface area contributed by atoms with Crippen LogP contribution in [0.15, 0.2) is 0 Å². The van der Waals surface area contributed by atoms with Crippen LogP contribution in [-0.4, -0.2) is 87.2 Å². The van der Waals surface area contributed by atoms with E-state index in [2.05, 4.69) is 28.8 Å². The van der Waals surface area contributed by atoms with Gasteiger partial charge in [-0.05, 0) is 33.0 Å². The van der Waals surface area contributed by atoms with Crippen molar-refractivity contribution >= 4 is 5.97 Å². The van der Waals surface area contributed by atoms with Gasteiger partial charge in [0.15, 0.2) is 0 Å². The molecule has 0 N–H and O–H groups in total. The Kier molecular flexibility index (Phi) is 4.59. The average molecular weight is 255 g/mol. The summed E-state index contributed by atoms with van der Waals surface area (Å²) in [7, 11) is 5.76. The van der Waals surface area contributed by atoms with Crippen LogP contribution in [0.3, 0.4) is 0 Å². The molecule has 2 unspecified atom stereocenters. The van der Waals surface area contributed by atoms with Gasteiger partial charge in [0.2, 0.25) is 0 Å². The highest BCUT2D eigenvalue weighted by atomic mass is 16.5. The lowest BCUT2D eigenvalue weighted by atomic mass is 9.96. The molecule has 0 aromatic carbocycles. The molecular formula is C13H25N3O2. The highest BCUT2D eigenvalue weighted by Gasteiger charge is 2.38. The Bertz CT molecular complexity index is 290. The Balaban J connectivity index is 2.03. The van der Waals surface area contributed by atoms with E-state index in [4.69, 9.17) is 4.74 Å². The van der Waals surface area contributed by atoms with Gasteiger partial charge in [0, 0.05) is 32.7 Å². The number of hydrogen-bond acceptors (Lipinski definition) is 5. The largest absolute Gasteiger partial charge is 0.468 e. The third-order valence-electron chi connectivity index (χ3n) is 4.25. The number of piperazine rings is 1. The van der Waals surface area contributed by atoms with Crippen LogP contribution in [0.5, 0.6) is 0 Å². The number of likely N-dealkylation sites (N-methyl/N-ethyl adjacent to an activating group) is 1. The van der Waals surface area contributed by atoms with Gasteiger partial charge in [-0.1, -0.05) is 0 Å². The minimum absolute atomic E-state index is 0.0475. The first-order valence-electron chi connectivity index (χ1n) is 6.80. The molecule has 5 nitrogen and oxygen atoms in total. The van der Waals surface area contributed by atoms with E-state index < -0.39 is 0 Å². The first-order valence-corrected chi connectivity index (χ1v) is 6.80. The second-order valence-corrected chi connectivity index (χ2v) is 5.62. The lowest BCUT2D eigenvalue weighted by Crippen LogP contribution is -2.55. The van der Waals surface area contributed by atoms with Crippen molar-refractivity contribution in [1.82, 2.24) is 14.7 Å². The Morgan fingerprint density at radius 3 is 2.28 bits per heavy atom. The van der Waals surface area contributed by atoms with Crippen molar-refractivity contribution in [2.45, 2.75) is 12.5 Å². The number of likely N-dealkylation sites (tertiary alicyclic amines) is 1. The van der Waals surface area contributed by atoms with Crippen molar-refractivity contribution in [1.29, 1.82) is 0 Å². The number of carbonyl (C=O) groups excluding carboxylic acids is 1. The summed E-state index contributed by atoms with van der Waals surface area (Å²) in [6.45, 7) is 6.11. The maximum Gasteiger partial charge on any atom is 0.323 e. The molecule has 0 aliphatic carbocycles. The lowest BCUT2D eigenvalue weighted by molar-refractivity contribution is -0.150. The summed E-state index contributed by atoms with van der Waals surface area (Å²) in [5, 5.41) is 0. The number of rotatable bonds is 3. The monoisotopic (exact) mass is 255 g/mol. The van der Waals surface area contributed by atoms with Gasteiger partial charge in [0.25, 0.3) is 0 Å². The maximum atomic E-state index is 12.1. The topological polar surface area (TPSA) is 36.0 Å². The van der Waals surface area contributed by atoms with Crippen molar-refractivity contribution in [3.8, 4) is 0 Å². The van der Waals surface area contributed by atoms with E-state index in [1.807, 2.05) is 0 Å². The zero-order chi connectivity index (χ0) is 13.1. The molecule has 2 rings (SSSR count). The van der Waals surface area contributed by atoms with Gasteiger partial charge in [0.1, 0.15) is 6.04 Å². The number of nitrogens with zero attached hydrogens (tertiary/aromatic N) is 3. The summed E-state index contributed by atoms with van der Waals surface area (Å²) in [6.07, 6.45) is 1.10. The van der Waals surface area contributed by atoms with E-state index in [1.165, 1.54) is 7.11 Å². The van der Waals surface area contributed by atoms with Crippen molar-refractivity contribution in [3.63, 3.8) is 0 Å². The summed E-state index contributed by atoms with van der Waals surface area (Å²) < 4.78 is 5.03. The summed E-state index contributed by atoms with van der Waals surface area (Å²) in [6, 6.07) is -0.0475. The molecule has 2 heterocycles.